The van der Waals surface area contributed by atoms with Gasteiger partial charge in [0.05, 0.1) is 10.0 Å². The lowest BCUT2D eigenvalue weighted by molar-refractivity contribution is 0.0988. The van der Waals surface area contributed by atoms with Crippen LogP contribution in [0.25, 0.3) is 0 Å². The van der Waals surface area contributed by atoms with E-state index in [1.54, 1.807) is 31.3 Å². The molecule has 0 unspecified atom stereocenters. The van der Waals surface area contributed by atoms with Gasteiger partial charge in [-0.05, 0) is 30.3 Å². The summed E-state index contributed by atoms with van der Waals surface area (Å²) in [4.78, 5) is 22.4. The van der Waals surface area contributed by atoms with E-state index in [9.17, 15) is 4.79 Å². The molecule has 0 radical (unpaired) electrons. The Labute approximate surface area is 155 Å². The van der Waals surface area contributed by atoms with Crippen molar-refractivity contribution in [1.29, 1.82) is 0 Å². The van der Waals surface area contributed by atoms with Crippen molar-refractivity contribution in [2.45, 2.75) is 0 Å². The molecule has 0 aliphatic rings. The van der Waals surface area contributed by atoms with E-state index < -0.39 is 0 Å². The van der Waals surface area contributed by atoms with Crippen LogP contribution in [0.1, 0.15) is 10.5 Å². The van der Waals surface area contributed by atoms with Gasteiger partial charge in [-0.1, -0.05) is 41.4 Å². The van der Waals surface area contributed by atoms with Gasteiger partial charge in [0.2, 0.25) is 0 Å². The number of nitrogens with one attached hydrogen (secondary N) is 1. The average molecular weight is 373 g/mol. The predicted octanol–water partition coefficient (Wildman–Crippen LogP) is 4.80. The number of anilines is 3. The summed E-state index contributed by atoms with van der Waals surface area (Å²) in [6, 6.07) is 16.1. The Morgan fingerprint density at radius 3 is 2.48 bits per heavy atom. The zero-order chi connectivity index (χ0) is 17.8. The number of rotatable bonds is 4. The number of para-hydroxylation sites is 1. The van der Waals surface area contributed by atoms with Crippen LogP contribution in [0.3, 0.4) is 0 Å². The first-order chi connectivity index (χ1) is 12.0. The molecule has 0 atom stereocenters. The van der Waals surface area contributed by atoms with Gasteiger partial charge in [0, 0.05) is 24.5 Å². The Balaban J connectivity index is 1.81. The van der Waals surface area contributed by atoms with Crippen molar-refractivity contribution < 1.29 is 4.79 Å². The lowest BCUT2D eigenvalue weighted by Crippen LogP contribution is -2.27. The zero-order valence-electron chi connectivity index (χ0n) is 13.3. The summed E-state index contributed by atoms with van der Waals surface area (Å²) >= 11 is 11.9. The van der Waals surface area contributed by atoms with Gasteiger partial charge < -0.3 is 10.2 Å². The third-order valence-corrected chi connectivity index (χ3v) is 4.27. The quantitative estimate of drug-likeness (QED) is 0.714. The number of hydrogen-bond acceptors (Lipinski definition) is 4. The van der Waals surface area contributed by atoms with E-state index in [4.69, 9.17) is 23.2 Å². The maximum atomic E-state index is 12.6. The molecule has 2 aromatic carbocycles. The SMILES string of the molecule is CN(C(=O)c1cc(Nc2ccc(Cl)c(Cl)c2)ncn1)c1ccccc1. The molecule has 3 rings (SSSR count). The minimum absolute atomic E-state index is 0.231. The van der Waals surface area contributed by atoms with Crippen LogP contribution in [0, 0.1) is 0 Å². The van der Waals surface area contributed by atoms with Crippen molar-refractivity contribution in [2.75, 3.05) is 17.3 Å². The Morgan fingerprint density at radius 2 is 1.76 bits per heavy atom. The second-order valence-electron chi connectivity index (χ2n) is 5.24. The molecule has 0 saturated heterocycles. The molecule has 1 heterocycles. The topological polar surface area (TPSA) is 58.1 Å². The van der Waals surface area contributed by atoms with Crippen LogP contribution >= 0.6 is 23.2 Å². The average Bonchev–Trinajstić information content (AvgIpc) is 2.64. The standard InChI is InChI=1S/C18H14Cl2N4O/c1-24(13-5-3-2-4-6-13)18(25)16-10-17(22-11-21-16)23-12-7-8-14(19)15(20)9-12/h2-11H,1H3,(H,21,22,23). The van der Waals surface area contributed by atoms with Crippen LogP contribution in [-0.4, -0.2) is 22.9 Å². The van der Waals surface area contributed by atoms with Crippen LogP contribution < -0.4 is 10.2 Å². The summed E-state index contributed by atoms with van der Waals surface area (Å²) in [6.07, 6.45) is 1.34. The summed E-state index contributed by atoms with van der Waals surface area (Å²) in [6.45, 7) is 0. The maximum Gasteiger partial charge on any atom is 0.276 e. The van der Waals surface area contributed by atoms with Gasteiger partial charge in [0.1, 0.15) is 17.8 Å². The first-order valence-corrected chi connectivity index (χ1v) is 8.17. The van der Waals surface area contributed by atoms with Gasteiger partial charge in [-0.3, -0.25) is 4.79 Å². The molecule has 7 heteroatoms. The summed E-state index contributed by atoms with van der Waals surface area (Å²) in [5.74, 6) is 0.254. The van der Waals surface area contributed by atoms with Crippen molar-refractivity contribution in [3.63, 3.8) is 0 Å². The monoisotopic (exact) mass is 372 g/mol. The van der Waals surface area contributed by atoms with Crippen LogP contribution in [-0.2, 0) is 0 Å². The molecule has 0 saturated carbocycles. The highest BCUT2D eigenvalue weighted by Gasteiger charge is 2.15. The molecule has 0 fully saturated rings. The lowest BCUT2D eigenvalue weighted by Gasteiger charge is -2.17. The molecule has 0 aliphatic heterocycles. The fraction of sp³-hybridized carbons (Fsp3) is 0.0556. The molecule has 25 heavy (non-hydrogen) atoms. The van der Waals surface area contributed by atoms with Crippen molar-refractivity contribution in [2.24, 2.45) is 0 Å². The minimum atomic E-state index is -0.231. The maximum absolute atomic E-state index is 12.6. The third kappa shape index (κ3) is 4.07. The van der Waals surface area contributed by atoms with E-state index in [2.05, 4.69) is 15.3 Å². The summed E-state index contributed by atoms with van der Waals surface area (Å²) in [7, 11) is 1.70. The molecule has 1 aromatic heterocycles. The summed E-state index contributed by atoms with van der Waals surface area (Å²) < 4.78 is 0. The van der Waals surface area contributed by atoms with E-state index in [-0.39, 0.29) is 11.6 Å². The third-order valence-electron chi connectivity index (χ3n) is 3.53. The molecule has 1 amide bonds. The number of nitrogens with zero attached hydrogens (tertiary/aromatic N) is 3. The van der Waals surface area contributed by atoms with E-state index in [1.165, 1.54) is 11.2 Å². The Morgan fingerprint density at radius 1 is 1.00 bits per heavy atom. The highest BCUT2D eigenvalue weighted by molar-refractivity contribution is 6.42. The Kier molecular flexibility index (Phi) is 5.16. The van der Waals surface area contributed by atoms with Crippen LogP contribution in [0.5, 0.6) is 0 Å². The van der Waals surface area contributed by atoms with Crippen molar-refractivity contribution in [3.8, 4) is 0 Å². The number of halogens is 2. The smallest absolute Gasteiger partial charge is 0.276 e. The fourth-order valence-corrected chi connectivity index (χ4v) is 2.50. The van der Waals surface area contributed by atoms with E-state index in [1.807, 2.05) is 30.3 Å². The molecule has 3 aromatic rings. The summed E-state index contributed by atoms with van der Waals surface area (Å²) in [5.41, 5.74) is 1.77. The highest BCUT2D eigenvalue weighted by atomic mass is 35.5. The molecular weight excluding hydrogens is 359 g/mol. The first-order valence-electron chi connectivity index (χ1n) is 7.42. The number of carbonyl (C=O) groups is 1. The Hall–Kier alpha value is -2.63. The van der Waals surface area contributed by atoms with Gasteiger partial charge in [0.25, 0.3) is 5.91 Å². The van der Waals surface area contributed by atoms with E-state index >= 15 is 0 Å². The van der Waals surface area contributed by atoms with Gasteiger partial charge in [-0.15, -0.1) is 0 Å². The largest absolute Gasteiger partial charge is 0.340 e. The fourth-order valence-electron chi connectivity index (χ4n) is 2.21. The number of benzene rings is 2. The number of hydrogen-bond donors (Lipinski definition) is 1. The predicted molar refractivity (Wildman–Crippen MR) is 101 cm³/mol. The molecule has 126 valence electrons. The zero-order valence-corrected chi connectivity index (χ0v) is 14.8. The molecule has 5 nitrogen and oxygen atoms in total. The van der Waals surface area contributed by atoms with E-state index in [0.717, 1.165) is 5.69 Å². The molecule has 0 spiro atoms. The first kappa shape index (κ1) is 17.2. The van der Waals surface area contributed by atoms with Crippen LogP contribution in [0.2, 0.25) is 10.0 Å². The van der Waals surface area contributed by atoms with E-state index in [0.29, 0.717) is 21.6 Å². The summed E-state index contributed by atoms with van der Waals surface area (Å²) in [5, 5.41) is 3.98. The van der Waals surface area contributed by atoms with Gasteiger partial charge in [0.15, 0.2) is 0 Å². The Bertz CT molecular complexity index is 903. The van der Waals surface area contributed by atoms with Crippen molar-refractivity contribution >= 4 is 46.3 Å². The van der Waals surface area contributed by atoms with Gasteiger partial charge in [-0.2, -0.15) is 0 Å². The minimum Gasteiger partial charge on any atom is -0.340 e. The van der Waals surface area contributed by atoms with Crippen molar-refractivity contribution in [3.05, 3.63) is 76.7 Å². The molecule has 1 N–H and O–H groups in total. The van der Waals surface area contributed by atoms with Crippen LogP contribution in [0.4, 0.5) is 17.2 Å². The number of amides is 1. The lowest BCUT2D eigenvalue weighted by atomic mass is 10.2. The molecular formula is C18H14Cl2N4O. The molecule has 0 bridgehead atoms. The van der Waals surface area contributed by atoms with Gasteiger partial charge in [-0.25, -0.2) is 9.97 Å². The van der Waals surface area contributed by atoms with Gasteiger partial charge >= 0.3 is 0 Å². The second-order valence-corrected chi connectivity index (χ2v) is 6.06. The highest BCUT2D eigenvalue weighted by Crippen LogP contribution is 2.26. The van der Waals surface area contributed by atoms with Crippen LogP contribution in [0.15, 0.2) is 60.9 Å². The number of aromatic nitrogens is 2. The van der Waals surface area contributed by atoms with Crippen molar-refractivity contribution in [1.82, 2.24) is 9.97 Å². The second kappa shape index (κ2) is 7.51. The normalized spacial score (nSPS) is 10.4. The molecule has 0 aliphatic carbocycles. The number of carbonyl (C=O) groups excluding carboxylic acids is 1.